The first kappa shape index (κ1) is 17.6. The molecule has 5 nitrogen and oxygen atoms in total. The van der Waals surface area contributed by atoms with Crippen molar-refractivity contribution in [1.82, 2.24) is 15.5 Å². The summed E-state index contributed by atoms with van der Waals surface area (Å²) in [6.45, 7) is -0.195. The number of carbonyl (C=O) groups excluding carboxylic acids is 1. The Morgan fingerprint density at radius 3 is 2.29 bits per heavy atom. The molecular formula is C15H14F4N4O. The maximum atomic E-state index is 14.1. The van der Waals surface area contributed by atoms with Crippen LogP contribution in [0.15, 0.2) is 36.4 Å². The van der Waals surface area contributed by atoms with Crippen LogP contribution in [0.3, 0.4) is 0 Å². The summed E-state index contributed by atoms with van der Waals surface area (Å²) in [6, 6.07) is 6.72. The van der Waals surface area contributed by atoms with Gasteiger partial charge in [-0.2, -0.15) is 13.2 Å². The minimum absolute atomic E-state index is 0.114. The zero-order valence-corrected chi connectivity index (χ0v) is 12.6. The molecule has 0 aliphatic rings. The summed E-state index contributed by atoms with van der Waals surface area (Å²) in [5, 5.41) is 12.4. The number of hydrogen-bond donors (Lipinski definition) is 2. The lowest BCUT2D eigenvalue weighted by atomic mass is 10.1. The van der Waals surface area contributed by atoms with Crippen LogP contribution < -0.4 is 10.6 Å². The van der Waals surface area contributed by atoms with Gasteiger partial charge >= 0.3 is 6.18 Å². The average molecular weight is 342 g/mol. The van der Waals surface area contributed by atoms with E-state index in [0.717, 1.165) is 24.3 Å². The number of alkyl halides is 4. The second-order valence-corrected chi connectivity index (χ2v) is 4.85. The maximum absolute atomic E-state index is 14.1. The molecule has 2 rings (SSSR count). The lowest BCUT2D eigenvalue weighted by Gasteiger charge is -2.12. The second kappa shape index (κ2) is 7.24. The fraction of sp³-hybridized carbons (Fsp3) is 0.267. The van der Waals surface area contributed by atoms with Crippen LogP contribution in [-0.2, 0) is 6.18 Å². The lowest BCUT2D eigenvalue weighted by molar-refractivity contribution is -0.137. The van der Waals surface area contributed by atoms with Crippen LogP contribution >= 0.6 is 0 Å². The van der Waals surface area contributed by atoms with Crippen LogP contribution in [0.5, 0.6) is 0 Å². The number of hydrogen-bond acceptors (Lipinski definition) is 4. The number of carbonyl (C=O) groups is 1. The summed E-state index contributed by atoms with van der Waals surface area (Å²) in [5.41, 5.74) is -0.602. The number of nitrogens with zero attached hydrogens (tertiary/aromatic N) is 2. The van der Waals surface area contributed by atoms with Crippen molar-refractivity contribution < 1.29 is 22.4 Å². The Morgan fingerprint density at radius 1 is 1.12 bits per heavy atom. The fourth-order valence-electron chi connectivity index (χ4n) is 1.87. The quantitative estimate of drug-likeness (QED) is 0.820. The first-order chi connectivity index (χ1) is 11.3. The molecule has 0 saturated carbocycles. The van der Waals surface area contributed by atoms with Gasteiger partial charge in [0.15, 0.2) is 5.69 Å². The van der Waals surface area contributed by atoms with Gasteiger partial charge in [0, 0.05) is 7.05 Å². The third-order valence-corrected chi connectivity index (χ3v) is 3.19. The minimum atomic E-state index is -4.45. The number of anilines is 1. The summed E-state index contributed by atoms with van der Waals surface area (Å²) in [6.07, 6.45) is -5.97. The molecular weight excluding hydrogens is 328 g/mol. The van der Waals surface area contributed by atoms with E-state index >= 15 is 0 Å². The van der Waals surface area contributed by atoms with Crippen molar-refractivity contribution in [2.24, 2.45) is 0 Å². The Labute approximate surface area is 135 Å². The Hall–Kier alpha value is -2.71. The van der Waals surface area contributed by atoms with Crippen molar-refractivity contribution in [3.05, 3.63) is 53.2 Å². The molecule has 0 bridgehead atoms. The highest BCUT2D eigenvalue weighted by Crippen LogP contribution is 2.30. The molecule has 0 saturated heterocycles. The van der Waals surface area contributed by atoms with Crippen LogP contribution in [0, 0.1) is 0 Å². The molecule has 0 fully saturated rings. The van der Waals surface area contributed by atoms with Crippen molar-refractivity contribution in [3.8, 4) is 0 Å². The zero-order valence-electron chi connectivity index (χ0n) is 12.6. The summed E-state index contributed by atoms with van der Waals surface area (Å²) >= 11 is 0. The normalized spacial score (nSPS) is 12.5. The molecule has 0 aliphatic carbocycles. The molecule has 1 atom stereocenters. The van der Waals surface area contributed by atoms with Crippen LogP contribution in [-0.4, -0.2) is 29.7 Å². The molecule has 128 valence electrons. The van der Waals surface area contributed by atoms with E-state index in [1.54, 1.807) is 0 Å². The van der Waals surface area contributed by atoms with Crippen molar-refractivity contribution in [2.45, 2.75) is 12.3 Å². The fourth-order valence-corrected chi connectivity index (χ4v) is 1.87. The highest BCUT2D eigenvalue weighted by molar-refractivity contribution is 5.91. The first-order valence-corrected chi connectivity index (χ1v) is 6.92. The first-order valence-electron chi connectivity index (χ1n) is 6.92. The molecule has 1 unspecified atom stereocenters. The van der Waals surface area contributed by atoms with E-state index < -0.39 is 23.8 Å². The van der Waals surface area contributed by atoms with Gasteiger partial charge in [-0.1, -0.05) is 12.1 Å². The predicted molar refractivity (Wildman–Crippen MR) is 79.2 cm³/mol. The van der Waals surface area contributed by atoms with E-state index in [0.29, 0.717) is 0 Å². The Morgan fingerprint density at radius 2 is 1.79 bits per heavy atom. The predicted octanol–water partition coefficient (Wildman–Crippen LogP) is 2.98. The summed E-state index contributed by atoms with van der Waals surface area (Å²) < 4.78 is 51.4. The number of amides is 1. The monoisotopic (exact) mass is 342 g/mol. The van der Waals surface area contributed by atoms with Crippen LogP contribution in [0.4, 0.5) is 23.4 Å². The van der Waals surface area contributed by atoms with Gasteiger partial charge in [0.1, 0.15) is 12.0 Å². The standard InChI is InChI=1S/C15H14F4N4O/c1-20-14(24)12-6-7-13(23-22-12)21-8-11(16)9-2-4-10(5-3-9)15(17,18)19/h2-7,11H,8H2,1H3,(H,20,24)(H,21,23). The largest absolute Gasteiger partial charge is 0.416 e. The van der Waals surface area contributed by atoms with E-state index in [9.17, 15) is 22.4 Å². The van der Waals surface area contributed by atoms with Gasteiger partial charge in [-0.25, -0.2) is 4.39 Å². The second-order valence-electron chi connectivity index (χ2n) is 4.85. The Balaban J connectivity index is 1.95. The molecule has 2 N–H and O–H groups in total. The van der Waals surface area contributed by atoms with Gasteiger partial charge in [-0.3, -0.25) is 4.79 Å². The third kappa shape index (κ3) is 4.40. The van der Waals surface area contributed by atoms with E-state index in [2.05, 4.69) is 20.8 Å². The zero-order chi connectivity index (χ0) is 17.7. The van der Waals surface area contributed by atoms with Crippen molar-refractivity contribution in [1.29, 1.82) is 0 Å². The maximum Gasteiger partial charge on any atom is 0.416 e. The molecule has 9 heteroatoms. The highest BCUT2D eigenvalue weighted by Gasteiger charge is 2.30. The molecule has 2 aromatic rings. The van der Waals surface area contributed by atoms with Crippen molar-refractivity contribution in [3.63, 3.8) is 0 Å². The molecule has 1 aromatic heterocycles. The number of halogens is 4. The smallest absolute Gasteiger partial charge is 0.365 e. The Kier molecular flexibility index (Phi) is 5.32. The molecule has 24 heavy (non-hydrogen) atoms. The number of benzene rings is 1. The molecule has 1 amide bonds. The minimum Gasteiger partial charge on any atom is -0.365 e. The molecule has 1 heterocycles. The number of aromatic nitrogens is 2. The summed E-state index contributed by atoms with van der Waals surface area (Å²) in [7, 11) is 1.45. The molecule has 0 radical (unpaired) electrons. The van der Waals surface area contributed by atoms with Gasteiger partial charge < -0.3 is 10.6 Å². The van der Waals surface area contributed by atoms with Crippen LogP contribution in [0.25, 0.3) is 0 Å². The van der Waals surface area contributed by atoms with Gasteiger partial charge in [0.05, 0.1) is 12.1 Å². The van der Waals surface area contributed by atoms with Crippen molar-refractivity contribution in [2.75, 3.05) is 18.9 Å². The summed E-state index contributed by atoms with van der Waals surface area (Å²) in [5.74, 6) is -0.153. The molecule has 0 spiro atoms. The molecule has 0 aliphatic heterocycles. The van der Waals surface area contributed by atoms with E-state index in [-0.39, 0.29) is 23.6 Å². The van der Waals surface area contributed by atoms with Crippen molar-refractivity contribution >= 4 is 11.7 Å². The topological polar surface area (TPSA) is 66.9 Å². The van der Waals surface area contributed by atoms with Gasteiger partial charge in [0.25, 0.3) is 5.91 Å². The van der Waals surface area contributed by atoms with E-state index in [1.165, 1.54) is 19.2 Å². The Bertz CT molecular complexity index is 686. The van der Waals surface area contributed by atoms with E-state index in [1.807, 2.05) is 0 Å². The van der Waals surface area contributed by atoms with Gasteiger partial charge in [-0.15, -0.1) is 10.2 Å². The number of rotatable bonds is 5. The highest BCUT2D eigenvalue weighted by atomic mass is 19.4. The van der Waals surface area contributed by atoms with Gasteiger partial charge in [-0.05, 0) is 29.8 Å². The average Bonchev–Trinajstić information content (AvgIpc) is 2.58. The van der Waals surface area contributed by atoms with Crippen LogP contribution in [0.2, 0.25) is 0 Å². The third-order valence-electron chi connectivity index (χ3n) is 3.19. The summed E-state index contributed by atoms with van der Waals surface area (Å²) in [4.78, 5) is 11.3. The lowest BCUT2D eigenvalue weighted by Crippen LogP contribution is -2.20. The molecule has 1 aromatic carbocycles. The van der Waals surface area contributed by atoms with Gasteiger partial charge in [0.2, 0.25) is 0 Å². The number of nitrogens with one attached hydrogen (secondary N) is 2. The SMILES string of the molecule is CNC(=O)c1ccc(NCC(F)c2ccc(C(F)(F)F)cc2)nn1. The van der Waals surface area contributed by atoms with E-state index in [4.69, 9.17) is 0 Å². The van der Waals surface area contributed by atoms with Crippen LogP contribution in [0.1, 0.15) is 27.8 Å².